The Balaban J connectivity index is 1.48. The lowest BCUT2D eigenvalue weighted by atomic mass is 10.2. The van der Waals surface area contributed by atoms with Crippen molar-refractivity contribution in [2.45, 2.75) is 15.9 Å². The first-order valence-corrected chi connectivity index (χ1v) is 10.9. The standard InChI is InChI=1S/C18H18ClNO3S2/c19-15-6-8-16(9-7-15)25(22,23)17-10-20(11-17)18(21)13-24-12-14-4-2-1-3-5-14/h1-9,17H,10-13H2. The van der Waals surface area contributed by atoms with Crippen molar-refractivity contribution in [3.8, 4) is 0 Å². The third kappa shape index (κ3) is 4.37. The monoisotopic (exact) mass is 395 g/mol. The Hall–Kier alpha value is -1.50. The number of rotatable bonds is 6. The molecule has 1 saturated heterocycles. The van der Waals surface area contributed by atoms with Gasteiger partial charge in [0, 0.05) is 23.9 Å². The maximum atomic E-state index is 12.5. The summed E-state index contributed by atoms with van der Waals surface area (Å²) in [7, 11) is -3.41. The Morgan fingerprint density at radius 3 is 2.36 bits per heavy atom. The van der Waals surface area contributed by atoms with Gasteiger partial charge in [0.05, 0.1) is 10.6 Å². The smallest absolute Gasteiger partial charge is 0.232 e. The molecule has 0 N–H and O–H groups in total. The van der Waals surface area contributed by atoms with Crippen LogP contribution in [0.5, 0.6) is 0 Å². The number of amides is 1. The van der Waals surface area contributed by atoms with Crippen LogP contribution in [0.3, 0.4) is 0 Å². The highest BCUT2D eigenvalue weighted by atomic mass is 35.5. The molecule has 2 aromatic carbocycles. The third-order valence-electron chi connectivity index (χ3n) is 4.12. The van der Waals surface area contributed by atoms with Crippen molar-refractivity contribution in [2.24, 2.45) is 0 Å². The summed E-state index contributed by atoms with van der Waals surface area (Å²) in [6.07, 6.45) is 0. The van der Waals surface area contributed by atoms with E-state index in [-0.39, 0.29) is 23.9 Å². The van der Waals surface area contributed by atoms with E-state index in [1.807, 2.05) is 30.3 Å². The highest BCUT2D eigenvalue weighted by molar-refractivity contribution is 7.99. The van der Waals surface area contributed by atoms with E-state index in [0.29, 0.717) is 10.8 Å². The third-order valence-corrected chi connectivity index (χ3v) is 7.46. The fourth-order valence-corrected chi connectivity index (χ4v) is 5.24. The van der Waals surface area contributed by atoms with Crippen LogP contribution in [-0.4, -0.2) is 43.3 Å². The number of likely N-dealkylation sites (tertiary alicyclic amines) is 1. The van der Waals surface area contributed by atoms with Crippen LogP contribution in [0.1, 0.15) is 5.56 Å². The number of halogens is 1. The van der Waals surface area contributed by atoms with Crippen LogP contribution < -0.4 is 0 Å². The highest BCUT2D eigenvalue weighted by Gasteiger charge is 2.40. The summed E-state index contributed by atoms with van der Waals surface area (Å²) < 4.78 is 25.0. The Bertz CT molecular complexity index is 832. The largest absolute Gasteiger partial charge is 0.339 e. The van der Waals surface area contributed by atoms with E-state index in [9.17, 15) is 13.2 Å². The van der Waals surface area contributed by atoms with Crippen molar-refractivity contribution in [1.29, 1.82) is 0 Å². The normalized spacial score (nSPS) is 15.0. The second-order valence-corrected chi connectivity index (χ2v) is 9.55. The van der Waals surface area contributed by atoms with Gasteiger partial charge in [-0.05, 0) is 29.8 Å². The van der Waals surface area contributed by atoms with E-state index < -0.39 is 15.1 Å². The maximum Gasteiger partial charge on any atom is 0.232 e. The Labute approximate surface area is 157 Å². The van der Waals surface area contributed by atoms with Crippen molar-refractivity contribution >= 4 is 39.1 Å². The number of benzene rings is 2. The van der Waals surface area contributed by atoms with Gasteiger partial charge in [-0.15, -0.1) is 11.8 Å². The van der Waals surface area contributed by atoms with Crippen LogP contribution in [-0.2, 0) is 20.4 Å². The molecule has 1 heterocycles. The van der Waals surface area contributed by atoms with Crippen molar-refractivity contribution in [3.63, 3.8) is 0 Å². The Morgan fingerprint density at radius 2 is 1.72 bits per heavy atom. The Morgan fingerprint density at radius 1 is 1.08 bits per heavy atom. The average molecular weight is 396 g/mol. The van der Waals surface area contributed by atoms with Crippen molar-refractivity contribution in [2.75, 3.05) is 18.8 Å². The molecule has 1 aliphatic rings. The zero-order valence-electron chi connectivity index (χ0n) is 13.5. The minimum atomic E-state index is -3.41. The molecule has 0 unspecified atom stereocenters. The van der Waals surface area contributed by atoms with Gasteiger partial charge in [0.25, 0.3) is 0 Å². The zero-order chi connectivity index (χ0) is 17.9. The van der Waals surface area contributed by atoms with Crippen molar-refractivity contribution in [1.82, 2.24) is 4.90 Å². The molecule has 0 atom stereocenters. The van der Waals surface area contributed by atoms with Gasteiger partial charge in [0.1, 0.15) is 5.25 Å². The fourth-order valence-electron chi connectivity index (χ4n) is 2.58. The molecule has 1 amide bonds. The topological polar surface area (TPSA) is 54.5 Å². The minimum absolute atomic E-state index is 0.0107. The lowest BCUT2D eigenvalue weighted by molar-refractivity contribution is -0.131. The SMILES string of the molecule is O=C(CSCc1ccccc1)N1CC(S(=O)(=O)c2ccc(Cl)cc2)C1. The average Bonchev–Trinajstić information content (AvgIpc) is 2.54. The number of carbonyl (C=O) groups excluding carboxylic acids is 1. The lowest BCUT2D eigenvalue weighted by Crippen LogP contribution is -2.57. The van der Waals surface area contributed by atoms with Crippen LogP contribution in [0, 0.1) is 0 Å². The van der Waals surface area contributed by atoms with Gasteiger partial charge in [0.15, 0.2) is 9.84 Å². The van der Waals surface area contributed by atoms with Gasteiger partial charge in [-0.25, -0.2) is 8.42 Å². The van der Waals surface area contributed by atoms with Crippen LogP contribution >= 0.6 is 23.4 Å². The molecular formula is C18H18ClNO3S2. The van der Waals surface area contributed by atoms with Crippen LogP contribution in [0.2, 0.25) is 5.02 Å². The first-order chi connectivity index (χ1) is 12.0. The van der Waals surface area contributed by atoms with Gasteiger partial charge in [0.2, 0.25) is 5.91 Å². The quantitative estimate of drug-likeness (QED) is 0.753. The molecule has 7 heteroatoms. The summed E-state index contributed by atoms with van der Waals surface area (Å²) in [6, 6.07) is 16.1. The van der Waals surface area contributed by atoms with E-state index in [1.54, 1.807) is 28.8 Å². The molecule has 1 aliphatic heterocycles. The molecular weight excluding hydrogens is 378 g/mol. The summed E-state index contributed by atoms with van der Waals surface area (Å²) in [5.74, 6) is 1.12. The molecule has 0 radical (unpaired) electrons. The van der Waals surface area contributed by atoms with Crippen LogP contribution in [0.4, 0.5) is 0 Å². The number of sulfone groups is 1. The van der Waals surface area contributed by atoms with E-state index in [4.69, 9.17) is 11.6 Å². The molecule has 0 aromatic heterocycles. The summed E-state index contributed by atoms with van der Waals surface area (Å²) >= 11 is 7.34. The number of nitrogens with zero attached hydrogens (tertiary/aromatic N) is 1. The van der Waals surface area contributed by atoms with Crippen molar-refractivity contribution < 1.29 is 13.2 Å². The summed E-state index contributed by atoms with van der Waals surface area (Å²) in [6.45, 7) is 0.519. The van der Waals surface area contributed by atoms with E-state index in [2.05, 4.69) is 0 Å². The predicted molar refractivity (Wildman–Crippen MR) is 102 cm³/mol. The zero-order valence-corrected chi connectivity index (χ0v) is 15.9. The van der Waals surface area contributed by atoms with Gasteiger partial charge < -0.3 is 4.90 Å². The molecule has 1 fully saturated rings. The van der Waals surface area contributed by atoms with Crippen molar-refractivity contribution in [3.05, 3.63) is 65.2 Å². The van der Waals surface area contributed by atoms with E-state index in [1.165, 1.54) is 17.7 Å². The maximum absolute atomic E-state index is 12.5. The summed E-state index contributed by atoms with van der Waals surface area (Å²) in [4.78, 5) is 14.0. The molecule has 25 heavy (non-hydrogen) atoms. The molecule has 4 nitrogen and oxygen atoms in total. The Kier molecular flexibility index (Phi) is 5.71. The molecule has 0 saturated carbocycles. The second kappa shape index (κ2) is 7.81. The van der Waals surface area contributed by atoms with Crippen LogP contribution in [0.25, 0.3) is 0 Å². The van der Waals surface area contributed by atoms with E-state index >= 15 is 0 Å². The molecule has 132 valence electrons. The highest BCUT2D eigenvalue weighted by Crippen LogP contribution is 2.25. The number of thioether (sulfide) groups is 1. The first-order valence-electron chi connectivity index (χ1n) is 7.86. The molecule has 2 aromatic rings. The predicted octanol–water partition coefficient (Wildman–Crippen LogP) is 3.26. The number of hydrogen-bond acceptors (Lipinski definition) is 4. The molecule has 3 rings (SSSR count). The van der Waals surface area contributed by atoms with Gasteiger partial charge in [-0.2, -0.15) is 0 Å². The first kappa shape index (κ1) is 18.3. The summed E-state index contributed by atoms with van der Waals surface area (Å²) in [5, 5.41) is -0.0310. The minimum Gasteiger partial charge on any atom is -0.339 e. The molecule has 0 aliphatic carbocycles. The van der Waals surface area contributed by atoms with Gasteiger partial charge in [-0.3, -0.25) is 4.79 Å². The molecule has 0 bridgehead atoms. The van der Waals surface area contributed by atoms with Crippen LogP contribution in [0.15, 0.2) is 59.5 Å². The lowest BCUT2D eigenvalue weighted by Gasteiger charge is -2.38. The number of hydrogen-bond donors (Lipinski definition) is 0. The fraction of sp³-hybridized carbons (Fsp3) is 0.278. The van der Waals surface area contributed by atoms with Gasteiger partial charge >= 0.3 is 0 Å². The van der Waals surface area contributed by atoms with Gasteiger partial charge in [-0.1, -0.05) is 41.9 Å². The second-order valence-electron chi connectivity index (χ2n) is 5.90. The molecule has 0 spiro atoms. The van der Waals surface area contributed by atoms with E-state index in [0.717, 1.165) is 5.75 Å². The summed E-state index contributed by atoms with van der Waals surface area (Å²) in [5.41, 5.74) is 1.17. The number of carbonyl (C=O) groups is 1.